The fourth-order valence-corrected chi connectivity index (χ4v) is 3.99. The Balaban J connectivity index is 1.40. The molecule has 1 N–H and O–H groups in total. The summed E-state index contributed by atoms with van der Waals surface area (Å²) in [5.41, 5.74) is 4.68. The number of benzene rings is 2. The molecular formula is C21H25N3O. The van der Waals surface area contributed by atoms with Crippen LogP contribution in [0.1, 0.15) is 30.5 Å². The number of rotatable bonds is 4. The Hall–Kier alpha value is -2.33. The molecule has 1 fully saturated rings. The van der Waals surface area contributed by atoms with Crippen molar-refractivity contribution in [1.29, 1.82) is 0 Å². The number of carbonyl (C=O) groups is 1. The number of nitrogens with zero attached hydrogens (tertiary/aromatic N) is 2. The molecule has 4 nitrogen and oxygen atoms in total. The highest BCUT2D eigenvalue weighted by Crippen LogP contribution is 2.31. The van der Waals surface area contributed by atoms with Crippen LogP contribution >= 0.6 is 0 Å². The van der Waals surface area contributed by atoms with Crippen LogP contribution in [-0.4, -0.2) is 37.0 Å². The lowest BCUT2D eigenvalue weighted by Gasteiger charge is -2.25. The first kappa shape index (κ1) is 16.2. The molecular weight excluding hydrogens is 310 g/mol. The van der Waals surface area contributed by atoms with Crippen molar-refractivity contribution >= 4 is 17.3 Å². The van der Waals surface area contributed by atoms with E-state index in [2.05, 4.69) is 65.7 Å². The Bertz CT molecular complexity index is 774. The molecule has 0 bridgehead atoms. The molecule has 130 valence electrons. The van der Waals surface area contributed by atoms with Crippen molar-refractivity contribution in [3.63, 3.8) is 0 Å². The lowest BCUT2D eigenvalue weighted by molar-refractivity contribution is -0.117. The first-order valence-electron chi connectivity index (χ1n) is 9.07. The molecule has 0 saturated carbocycles. The van der Waals surface area contributed by atoms with Gasteiger partial charge < -0.3 is 10.2 Å². The summed E-state index contributed by atoms with van der Waals surface area (Å²) in [4.78, 5) is 16.1. The molecule has 0 aromatic heterocycles. The van der Waals surface area contributed by atoms with Gasteiger partial charge in [-0.25, -0.2) is 0 Å². The second-order valence-corrected chi connectivity index (χ2v) is 7.18. The van der Waals surface area contributed by atoms with Crippen molar-refractivity contribution in [3.8, 4) is 0 Å². The van der Waals surface area contributed by atoms with Crippen molar-refractivity contribution in [3.05, 3.63) is 59.7 Å². The van der Waals surface area contributed by atoms with Crippen LogP contribution < -0.4 is 10.2 Å². The number of amides is 1. The number of nitrogens with one attached hydrogen (secondary N) is 1. The van der Waals surface area contributed by atoms with E-state index in [9.17, 15) is 4.79 Å². The fraction of sp³-hybridized carbons (Fsp3) is 0.381. The molecule has 4 heteroatoms. The van der Waals surface area contributed by atoms with Crippen LogP contribution in [0.25, 0.3) is 0 Å². The largest absolute Gasteiger partial charge is 0.381 e. The Morgan fingerprint density at radius 1 is 1.16 bits per heavy atom. The van der Waals surface area contributed by atoms with Gasteiger partial charge in [0, 0.05) is 43.6 Å². The van der Waals surface area contributed by atoms with Crippen LogP contribution in [0.2, 0.25) is 0 Å². The van der Waals surface area contributed by atoms with Crippen molar-refractivity contribution in [2.24, 2.45) is 0 Å². The molecule has 2 aliphatic rings. The molecule has 0 aliphatic carbocycles. The van der Waals surface area contributed by atoms with Gasteiger partial charge in [-0.1, -0.05) is 30.3 Å². The van der Waals surface area contributed by atoms with Gasteiger partial charge in [0.05, 0.1) is 6.42 Å². The number of likely N-dealkylation sites (N-methyl/N-ethyl adjacent to an activating group) is 1. The monoisotopic (exact) mass is 335 g/mol. The first-order chi connectivity index (χ1) is 12.1. The maximum Gasteiger partial charge on any atom is 0.231 e. The Morgan fingerprint density at radius 2 is 1.96 bits per heavy atom. The van der Waals surface area contributed by atoms with E-state index >= 15 is 0 Å². The number of hydrogen-bond acceptors (Lipinski definition) is 3. The summed E-state index contributed by atoms with van der Waals surface area (Å²) in [6, 6.07) is 17.9. The van der Waals surface area contributed by atoms with Crippen LogP contribution in [0.3, 0.4) is 0 Å². The van der Waals surface area contributed by atoms with Gasteiger partial charge in [-0.15, -0.1) is 0 Å². The van der Waals surface area contributed by atoms with Crippen LogP contribution in [0.15, 0.2) is 48.5 Å². The normalized spacial score (nSPS) is 21.4. The van der Waals surface area contributed by atoms with Gasteiger partial charge in [-0.2, -0.15) is 0 Å². The van der Waals surface area contributed by atoms with Crippen molar-refractivity contribution in [1.82, 2.24) is 4.90 Å². The summed E-state index contributed by atoms with van der Waals surface area (Å²) in [6.45, 7) is 4.44. The minimum atomic E-state index is 0.177. The SMILES string of the molecule is C[C@@H](c1ccccc1)N1CC[C@@H](Nc2ccc3c(c2)CC(=O)N3C)C1. The fourth-order valence-electron chi connectivity index (χ4n) is 3.99. The zero-order chi connectivity index (χ0) is 17.4. The van der Waals surface area contributed by atoms with Crippen LogP contribution in [0, 0.1) is 0 Å². The van der Waals surface area contributed by atoms with E-state index in [-0.39, 0.29) is 5.91 Å². The maximum absolute atomic E-state index is 11.8. The summed E-state index contributed by atoms with van der Waals surface area (Å²) < 4.78 is 0. The lowest BCUT2D eigenvalue weighted by Crippen LogP contribution is -2.28. The summed E-state index contributed by atoms with van der Waals surface area (Å²) in [7, 11) is 1.85. The quantitative estimate of drug-likeness (QED) is 0.929. The van der Waals surface area contributed by atoms with E-state index in [4.69, 9.17) is 0 Å². The highest BCUT2D eigenvalue weighted by molar-refractivity contribution is 6.01. The zero-order valence-corrected chi connectivity index (χ0v) is 14.9. The summed E-state index contributed by atoms with van der Waals surface area (Å²) in [5, 5.41) is 3.67. The van der Waals surface area contributed by atoms with Gasteiger partial charge >= 0.3 is 0 Å². The molecule has 4 rings (SSSR count). The predicted octanol–water partition coefficient (Wildman–Crippen LogP) is 3.45. The molecule has 2 aliphatic heterocycles. The summed E-state index contributed by atoms with van der Waals surface area (Å²) in [6.07, 6.45) is 1.66. The van der Waals surface area contributed by atoms with Gasteiger partial charge in [0.15, 0.2) is 0 Å². The first-order valence-corrected chi connectivity index (χ1v) is 9.07. The van der Waals surface area contributed by atoms with Gasteiger partial charge in [0.25, 0.3) is 0 Å². The molecule has 0 spiro atoms. The summed E-state index contributed by atoms with van der Waals surface area (Å²) in [5.74, 6) is 0.177. The number of likely N-dealkylation sites (tertiary alicyclic amines) is 1. The molecule has 0 unspecified atom stereocenters. The molecule has 0 radical (unpaired) electrons. The minimum Gasteiger partial charge on any atom is -0.381 e. The maximum atomic E-state index is 11.8. The number of carbonyl (C=O) groups excluding carboxylic acids is 1. The third-order valence-electron chi connectivity index (χ3n) is 5.58. The molecule has 2 aromatic rings. The van der Waals surface area contributed by atoms with E-state index < -0.39 is 0 Å². The number of fused-ring (bicyclic) bond motifs is 1. The van der Waals surface area contributed by atoms with Crippen molar-refractivity contribution < 1.29 is 4.79 Å². The average Bonchev–Trinajstić information content (AvgIpc) is 3.20. The van der Waals surface area contributed by atoms with Gasteiger partial charge in [-0.3, -0.25) is 9.69 Å². The van der Waals surface area contributed by atoms with Crippen molar-refractivity contribution in [2.45, 2.75) is 31.8 Å². The Morgan fingerprint density at radius 3 is 2.76 bits per heavy atom. The second kappa shape index (κ2) is 6.52. The van der Waals surface area contributed by atoms with Gasteiger partial charge in [0.2, 0.25) is 5.91 Å². The van der Waals surface area contributed by atoms with Crippen molar-refractivity contribution in [2.75, 3.05) is 30.4 Å². The van der Waals surface area contributed by atoms with Crippen LogP contribution in [0.5, 0.6) is 0 Å². The van der Waals surface area contributed by atoms with Gasteiger partial charge in [-0.05, 0) is 42.7 Å². The van der Waals surface area contributed by atoms with E-state index in [0.29, 0.717) is 18.5 Å². The van der Waals surface area contributed by atoms with E-state index in [1.807, 2.05) is 7.05 Å². The average molecular weight is 335 g/mol. The number of anilines is 2. The van der Waals surface area contributed by atoms with Crippen LogP contribution in [0.4, 0.5) is 11.4 Å². The molecule has 2 heterocycles. The second-order valence-electron chi connectivity index (χ2n) is 7.18. The molecule has 2 atom stereocenters. The smallest absolute Gasteiger partial charge is 0.231 e. The third-order valence-corrected chi connectivity index (χ3v) is 5.58. The van der Waals surface area contributed by atoms with E-state index in [1.54, 1.807) is 4.90 Å². The van der Waals surface area contributed by atoms with E-state index in [0.717, 1.165) is 36.4 Å². The zero-order valence-electron chi connectivity index (χ0n) is 14.9. The molecule has 1 saturated heterocycles. The summed E-state index contributed by atoms with van der Waals surface area (Å²) >= 11 is 0. The standard InChI is InChI=1S/C21H25N3O/c1-15(16-6-4-3-5-7-16)24-11-10-19(14-24)22-18-8-9-20-17(12-18)13-21(25)23(20)2/h3-9,12,15,19,22H,10-11,13-14H2,1-2H3/t15-,19+/m0/s1. The Kier molecular flexibility index (Phi) is 4.22. The third kappa shape index (κ3) is 3.14. The van der Waals surface area contributed by atoms with Crippen LogP contribution in [-0.2, 0) is 11.2 Å². The highest BCUT2D eigenvalue weighted by Gasteiger charge is 2.28. The molecule has 25 heavy (non-hydrogen) atoms. The minimum absolute atomic E-state index is 0.177. The Labute approximate surface area is 149 Å². The topological polar surface area (TPSA) is 35.6 Å². The number of hydrogen-bond donors (Lipinski definition) is 1. The van der Waals surface area contributed by atoms with E-state index in [1.165, 1.54) is 5.56 Å². The molecule has 1 amide bonds. The predicted molar refractivity (Wildman–Crippen MR) is 102 cm³/mol. The lowest BCUT2D eigenvalue weighted by atomic mass is 10.1. The van der Waals surface area contributed by atoms with Gasteiger partial charge in [0.1, 0.15) is 0 Å². The molecule has 2 aromatic carbocycles. The highest BCUT2D eigenvalue weighted by atomic mass is 16.2.